The molecule has 0 aliphatic heterocycles. The van der Waals surface area contributed by atoms with Gasteiger partial charge in [0.25, 0.3) is 0 Å². The Morgan fingerprint density at radius 2 is 1.88 bits per heavy atom. The molecular formula is C14H18O2. The van der Waals surface area contributed by atoms with Crippen molar-refractivity contribution >= 4 is 11.0 Å². The van der Waals surface area contributed by atoms with Crippen LogP contribution >= 0.6 is 0 Å². The molecule has 0 amide bonds. The number of hydrogen-bond acceptors (Lipinski definition) is 2. The summed E-state index contributed by atoms with van der Waals surface area (Å²) in [6, 6.07) is 7.85. The van der Waals surface area contributed by atoms with Gasteiger partial charge in [-0.3, -0.25) is 0 Å². The molecule has 0 aliphatic carbocycles. The van der Waals surface area contributed by atoms with Gasteiger partial charge in [-0.2, -0.15) is 0 Å². The van der Waals surface area contributed by atoms with Crippen molar-refractivity contribution in [2.45, 2.75) is 32.8 Å². The van der Waals surface area contributed by atoms with Crippen LogP contribution in [0.25, 0.3) is 11.0 Å². The smallest absolute Gasteiger partial charge is 0.134 e. The van der Waals surface area contributed by atoms with Crippen molar-refractivity contribution in [2.24, 2.45) is 5.92 Å². The number of para-hydroxylation sites is 1. The Labute approximate surface area is 95.9 Å². The van der Waals surface area contributed by atoms with Crippen LogP contribution in [-0.2, 0) is 0 Å². The van der Waals surface area contributed by atoms with Gasteiger partial charge < -0.3 is 9.52 Å². The third kappa shape index (κ3) is 1.85. The molecule has 0 saturated carbocycles. The molecule has 1 N–H and O–H groups in total. The number of hydrogen-bond donors (Lipinski definition) is 1. The first-order chi connectivity index (χ1) is 7.77. The van der Waals surface area contributed by atoms with E-state index in [0.29, 0.717) is 5.92 Å². The molecule has 0 saturated heterocycles. The summed E-state index contributed by atoms with van der Waals surface area (Å²) >= 11 is 0. The van der Waals surface area contributed by atoms with E-state index in [4.69, 9.17) is 4.42 Å². The first-order valence-corrected chi connectivity index (χ1v) is 5.92. The minimum absolute atomic E-state index is 0.306. The van der Waals surface area contributed by atoms with Crippen molar-refractivity contribution in [3.05, 3.63) is 36.1 Å². The zero-order valence-corrected chi connectivity index (χ0v) is 9.81. The first kappa shape index (κ1) is 11.2. The fourth-order valence-electron chi connectivity index (χ4n) is 2.22. The Morgan fingerprint density at radius 3 is 2.56 bits per heavy atom. The van der Waals surface area contributed by atoms with Crippen molar-refractivity contribution in [3.8, 4) is 0 Å². The van der Waals surface area contributed by atoms with E-state index in [1.807, 2.05) is 24.3 Å². The first-order valence-electron chi connectivity index (χ1n) is 5.92. The van der Waals surface area contributed by atoms with Crippen LogP contribution in [0, 0.1) is 5.92 Å². The molecule has 1 atom stereocenters. The van der Waals surface area contributed by atoms with E-state index in [1.165, 1.54) is 0 Å². The van der Waals surface area contributed by atoms with Crippen LogP contribution in [0.2, 0.25) is 0 Å². The van der Waals surface area contributed by atoms with E-state index in [-0.39, 0.29) is 0 Å². The molecule has 1 aromatic carbocycles. The van der Waals surface area contributed by atoms with Gasteiger partial charge in [0.05, 0.1) is 12.4 Å². The van der Waals surface area contributed by atoms with Gasteiger partial charge in [0, 0.05) is 10.9 Å². The molecule has 86 valence electrons. The molecule has 2 nitrogen and oxygen atoms in total. The van der Waals surface area contributed by atoms with Crippen molar-refractivity contribution in [3.63, 3.8) is 0 Å². The maximum Gasteiger partial charge on any atom is 0.134 e. The molecule has 1 heterocycles. The number of aliphatic hydroxyl groups excluding tert-OH is 1. The van der Waals surface area contributed by atoms with E-state index in [0.717, 1.165) is 29.4 Å². The van der Waals surface area contributed by atoms with Gasteiger partial charge in [-0.1, -0.05) is 44.9 Å². The van der Waals surface area contributed by atoms with Gasteiger partial charge in [0.15, 0.2) is 0 Å². The molecule has 2 heteroatoms. The average molecular weight is 218 g/mol. The molecule has 2 aromatic rings. The lowest BCUT2D eigenvalue weighted by Crippen LogP contribution is -2.10. The predicted molar refractivity (Wildman–Crippen MR) is 65.2 cm³/mol. The highest BCUT2D eigenvalue weighted by molar-refractivity contribution is 5.81. The number of rotatable bonds is 4. The minimum atomic E-state index is -0.418. The van der Waals surface area contributed by atoms with Gasteiger partial charge in [-0.05, 0) is 12.0 Å². The quantitative estimate of drug-likeness (QED) is 0.844. The number of fused-ring (bicyclic) bond motifs is 1. The molecular weight excluding hydrogens is 200 g/mol. The summed E-state index contributed by atoms with van der Waals surface area (Å²) in [5.74, 6) is 0.306. The van der Waals surface area contributed by atoms with E-state index < -0.39 is 6.10 Å². The highest BCUT2D eigenvalue weighted by atomic mass is 16.3. The summed E-state index contributed by atoms with van der Waals surface area (Å²) in [4.78, 5) is 0. The van der Waals surface area contributed by atoms with E-state index in [2.05, 4.69) is 13.8 Å². The Hall–Kier alpha value is -1.28. The van der Waals surface area contributed by atoms with E-state index in [9.17, 15) is 5.11 Å². The van der Waals surface area contributed by atoms with E-state index in [1.54, 1.807) is 6.26 Å². The fourth-order valence-corrected chi connectivity index (χ4v) is 2.22. The topological polar surface area (TPSA) is 33.4 Å². The molecule has 1 aromatic heterocycles. The normalized spacial score (nSPS) is 13.5. The highest BCUT2D eigenvalue weighted by Gasteiger charge is 2.21. The summed E-state index contributed by atoms with van der Waals surface area (Å²) in [5.41, 5.74) is 1.77. The summed E-state index contributed by atoms with van der Waals surface area (Å²) in [6.07, 6.45) is 3.24. The summed E-state index contributed by atoms with van der Waals surface area (Å²) in [5, 5.41) is 11.3. The molecule has 16 heavy (non-hydrogen) atoms. The predicted octanol–water partition coefficient (Wildman–Crippen LogP) is 3.90. The van der Waals surface area contributed by atoms with Gasteiger partial charge in [-0.15, -0.1) is 0 Å². The summed E-state index contributed by atoms with van der Waals surface area (Å²) in [6.45, 7) is 4.22. The lowest BCUT2D eigenvalue weighted by molar-refractivity contribution is 0.104. The summed E-state index contributed by atoms with van der Waals surface area (Å²) in [7, 11) is 0. The Kier molecular flexibility index (Phi) is 3.30. The monoisotopic (exact) mass is 218 g/mol. The highest BCUT2D eigenvalue weighted by Crippen LogP contribution is 2.33. The van der Waals surface area contributed by atoms with Crippen molar-refractivity contribution in [1.29, 1.82) is 0 Å². The van der Waals surface area contributed by atoms with Crippen LogP contribution in [0.3, 0.4) is 0 Å². The maximum atomic E-state index is 10.3. The molecule has 1 unspecified atom stereocenters. The van der Waals surface area contributed by atoms with Crippen LogP contribution in [0.4, 0.5) is 0 Å². The largest absolute Gasteiger partial charge is 0.464 e. The van der Waals surface area contributed by atoms with Gasteiger partial charge >= 0.3 is 0 Å². The van der Waals surface area contributed by atoms with Crippen molar-refractivity contribution in [1.82, 2.24) is 0 Å². The summed E-state index contributed by atoms with van der Waals surface area (Å²) < 4.78 is 5.45. The van der Waals surface area contributed by atoms with E-state index >= 15 is 0 Å². The zero-order chi connectivity index (χ0) is 11.5. The van der Waals surface area contributed by atoms with Gasteiger partial charge in [0.1, 0.15) is 5.58 Å². The van der Waals surface area contributed by atoms with Crippen LogP contribution < -0.4 is 0 Å². The number of aliphatic hydroxyl groups is 1. The van der Waals surface area contributed by atoms with Gasteiger partial charge in [0.2, 0.25) is 0 Å². The zero-order valence-electron chi connectivity index (χ0n) is 9.81. The van der Waals surface area contributed by atoms with Crippen LogP contribution in [0.15, 0.2) is 34.9 Å². The Bertz CT molecular complexity index is 454. The third-order valence-electron chi connectivity index (χ3n) is 3.32. The molecule has 0 fully saturated rings. The minimum Gasteiger partial charge on any atom is -0.464 e. The molecule has 2 rings (SSSR count). The van der Waals surface area contributed by atoms with Crippen molar-refractivity contribution in [2.75, 3.05) is 0 Å². The maximum absolute atomic E-state index is 10.3. The molecule has 0 bridgehead atoms. The standard InChI is InChI=1S/C14H18O2/c1-3-10(4-2)14(15)12-9-16-13-8-6-5-7-11(12)13/h5-10,14-15H,3-4H2,1-2H3. The fraction of sp³-hybridized carbons (Fsp3) is 0.429. The lowest BCUT2D eigenvalue weighted by Gasteiger charge is -2.18. The second-order valence-electron chi connectivity index (χ2n) is 4.21. The lowest BCUT2D eigenvalue weighted by atomic mass is 9.91. The number of furan rings is 1. The van der Waals surface area contributed by atoms with Crippen LogP contribution in [0.1, 0.15) is 38.4 Å². The third-order valence-corrected chi connectivity index (χ3v) is 3.32. The average Bonchev–Trinajstić information content (AvgIpc) is 2.74. The molecule has 0 radical (unpaired) electrons. The number of benzene rings is 1. The SMILES string of the molecule is CCC(CC)C(O)c1coc2ccccc12. The molecule has 0 aliphatic rings. The second-order valence-corrected chi connectivity index (χ2v) is 4.21. The second kappa shape index (κ2) is 4.71. The Morgan fingerprint density at radius 1 is 1.19 bits per heavy atom. The van der Waals surface area contributed by atoms with Crippen LogP contribution in [0.5, 0.6) is 0 Å². The van der Waals surface area contributed by atoms with Gasteiger partial charge in [-0.25, -0.2) is 0 Å². The Balaban J connectivity index is 2.39. The van der Waals surface area contributed by atoms with Crippen molar-refractivity contribution < 1.29 is 9.52 Å². The van der Waals surface area contributed by atoms with Crippen LogP contribution in [-0.4, -0.2) is 5.11 Å². The molecule has 0 spiro atoms.